The van der Waals surface area contributed by atoms with Crippen LogP contribution in [0.4, 0.5) is 0 Å². The van der Waals surface area contributed by atoms with Crippen LogP contribution >= 0.6 is 11.8 Å². The molecule has 1 N–H and O–H groups in total. The van der Waals surface area contributed by atoms with E-state index in [4.69, 9.17) is 4.74 Å². The molecule has 0 radical (unpaired) electrons. The van der Waals surface area contributed by atoms with Crippen LogP contribution in [0.1, 0.15) is 18.4 Å². The van der Waals surface area contributed by atoms with Gasteiger partial charge in [-0.2, -0.15) is 11.8 Å². The molecular weight excluding hydrogens is 356 g/mol. The van der Waals surface area contributed by atoms with Gasteiger partial charge in [0.1, 0.15) is 0 Å². The van der Waals surface area contributed by atoms with E-state index in [9.17, 15) is 8.42 Å². The zero-order valence-electron chi connectivity index (χ0n) is 14.4. The second kappa shape index (κ2) is 8.68. The molecule has 0 bridgehead atoms. The van der Waals surface area contributed by atoms with Crippen molar-refractivity contribution in [2.75, 3.05) is 44.4 Å². The third kappa shape index (κ3) is 5.31. The summed E-state index contributed by atoms with van der Waals surface area (Å²) in [6.07, 6.45) is 3.67. The lowest BCUT2D eigenvalue weighted by atomic mass is 9.89. The maximum atomic E-state index is 12.4. The molecule has 2 aliphatic heterocycles. The Balaban J connectivity index is 1.66. The maximum Gasteiger partial charge on any atom is 0.233 e. The molecule has 2 aliphatic rings. The molecule has 7 heteroatoms. The van der Waals surface area contributed by atoms with Crippen LogP contribution in [0.15, 0.2) is 35.7 Å². The minimum absolute atomic E-state index is 0.0807. The highest BCUT2D eigenvalue weighted by Crippen LogP contribution is 2.33. The summed E-state index contributed by atoms with van der Waals surface area (Å²) in [6, 6.07) is 9.48. The van der Waals surface area contributed by atoms with Crippen LogP contribution in [0, 0.1) is 0 Å². The van der Waals surface area contributed by atoms with Crippen molar-refractivity contribution in [2.24, 2.45) is 0 Å². The molecule has 138 valence electrons. The fourth-order valence-electron chi connectivity index (χ4n) is 3.41. The fourth-order valence-corrected chi connectivity index (χ4v) is 5.56. The summed E-state index contributed by atoms with van der Waals surface area (Å²) in [5, 5.41) is 1.27. The van der Waals surface area contributed by atoms with Gasteiger partial charge in [-0.3, -0.25) is 4.90 Å². The first kappa shape index (κ1) is 18.9. The standard InChI is InChI=1S/C18H26N2O3S2/c21-25(22,15-6-17-4-2-1-3-5-17)19-16-18(7-13-24-14-8-18)20-9-11-23-12-10-20/h1-6,15,19H,7-14,16H2. The Hall–Kier alpha value is -0.860. The Morgan fingerprint density at radius 2 is 1.84 bits per heavy atom. The number of rotatable bonds is 6. The van der Waals surface area contributed by atoms with E-state index in [1.54, 1.807) is 6.08 Å². The summed E-state index contributed by atoms with van der Waals surface area (Å²) in [5.41, 5.74) is 0.799. The Bertz CT molecular complexity index is 665. The lowest BCUT2D eigenvalue weighted by Gasteiger charge is -2.47. The van der Waals surface area contributed by atoms with Crippen molar-refractivity contribution in [3.63, 3.8) is 0 Å². The van der Waals surface area contributed by atoms with Crippen LogP contribution in [-0.2, 0) is 14.8 Å². The van der Waals surface area contributed by atoms with Gasteiger partial charge in [-0.1, -0.05) is 30.3 Å². The molecule has 1 aromatic carbocycles. The Kier molecular flexibility index (Phi) is 6.57. The molecule has 5 nitrogen and oxygen atoms in total. The van der Waals surface area contributed by atoms with Crippen LogP contribution in [-0.4, -0.2) is 63.2 Å². The molecule has 2 heterocycles. The number of hydrogen-bond donors (Lipinski definition) is 1. The molecule has 0 saturated carbocycles. The Morgan fingerprint density at radius 3 is 2.52 bits per heavy atom. The van der Waals surface area contributed by atoms with Crippen molar-refractivity contribution >= 4 is 27.9 Å². The van der Waals surface area contributed by atoms with Gasteiger partial charge in [0.15, 0.2) is 0 Å². The van der Waals surface area contributed by atoms with Crippen molar-refractivity contribution in [2.45, 2.75) is 18.4 Å². The van der Waals surface area contributed by atoms with E-state index < -0.39 is 10.0 Å². The van der Waals surface area contributed by atoms with E-state index in [-0.39, 0.29) is 5.54 Å². The van der Waals surface area contributed by atoms with Gasteiger partial charge in [0, 0.05) is 30.6 Å². The van der Waals surface area contributed by atoms with Gasteiger partial charge in [0.05, 0.1) is 13.2 Å². The number of thioether (sulfide) groups is 1. The lowest BCUT2D eigenvalue weighted by Crippen LogP contribution is -2.60. The molecular formula is C18H26N2O3S2. The smallest absolute Gasteiger partial charge is 0.233 e. The van der Waals surface area contributed by atoms with Crippen LogP contribution in [0.5, 0.6) is 0 Å². The maximum absolute atomic E-state index is 12.4. The van der Waals surface area contributed by atoms with Crippen molar-refractivity contribution < 1.29 is 13.2 Å². The highest BCUT2D eigenvalue weighted by Gasteiger charge is 2.39. The summed E-state index contributed by atoms with van der Waals surface area (Å²) >= 11 is 1.95. The summed E-state index contributed by atoms with van der Waals surface area (Å²) in [6.45, 7) is 3.69. The largest absolute Gasteiger partial charge is 0.379 e. The number of benzene rings is 1. The van der Waals surface area contributed by atoms with Gasteiger partial charge in [0.25, 0.3) is 0 Å². The van der Waals surface area contributed by atoms with E-state index in [1.807, 2.05) is 42.1 Å². The van der Waals surface area contributed by atoms with Gasteiger partial charge in [-0.15, -0.1) is 0 Å². The minimum Gasteiger partial charge on any atom is -0.379 e. The van der Waals surface area contributed by atoms with Crippen LogP contribution < -0.4 is 4.72 Å². The average Bonchev–Trinajstić information content (AvgIpc) is 2.67. The highest BCUT2D eigenvalue weighted by atomic mass is 32.2. The topological polar surface area (TPSA) is 58.6 Å². The first-order chi connectivity index (χ1) is 12.1. The minimum atomic E-state index is -3.45. The zero-order chi connectivity index (χ0) is 17.6. The van der Waals surface area contributed by atoms with Crippen LogP contribution in [0.25, 0.3) is 6.08 Å². The van der Waals surface area contributed by atoms with Crippen LogP contribution in [0.3, 0.4) is 0 Å². The third-order valence-corrected chi connectivity index (χ3v) is 6.97. The average molecular weight is 383 g/mol. The molecule has 3 rings (SSSR count). The summed E-state index contributed by atoms with van der Waals surface area (Å²) in [7, 11) is -3.45. The molecule has 0 unspecified atom stereocenters. The van der Waals surface area contributed by atoms with E-state index in [2.05, 4.69) is 9.62 Å². The third-order valence-electron chi connectivity index (χ3n) is 4.95. The normalized spacial score (nSPS) is 22.2. The summed E-state index contributed by atoms with van der Waals surface area (Å²) in [5.74, 6) is 2.16. The lowest BCUT2D eigenvalue weighted by molar-refractivity contribution is -0.0242. The van der Waals surface area contributed by atoms with Gasteiger partial charge in [-0.25, -0.2) is 13.1 Å². The van der Waals surface area contributed by atoms with E-state index in [0.29, 0.717) is 6.54 Å². The molecule has 0 aromatic heterocycles. The predicted molar refractivity (Wildman–Crippen MR) is 104 cm³/mol. The van der Waals surface area contributed by atoms with Crippen molar-refractivity contribution in [3.8, 4) is 0 Å². The number of sulfonamides is 1. The van der Waals surface area contributed by atoms with E-state index in [0.717, 1.165) is 56.2 Å². The number of nitrogens with zero attached hydrogens (tertiary/aromatic N) is 1. The number of hydrogen-bond acceptors (Lipinski definition) is 5. The Morgan fingerprint density at radius 1 is 1.16 bits per heavy atom. The second-order valence-corrected chi connectivity index (χ2v) is 9.39. The molecule has 0 spiro atoms. The molecule has 0 aliphatic carbocycles. The first-order valence-corrected chi connectivity index (χ1v) is 11.4. The molecule has 0 atom stereocenters. The highest BCUT2D eigenvalue weighted by molar-refractivity contribution is 7.99. The SMILES string of the molecule is O=S(=O)(C=Cc1ccccc1)NCC1(N2CCOCC2)CCSCC1. The zero-order valence-corrected chi connectivity index (χ0v) is 16.0. The van der Waals surface area contributed by atoms with E-state index >= 15 is 0 Å². The van der Waals surface area contributed by atoms with Crippen LogP contribution in [0.2, 0.25) is 0 Å². The van der Waals surface area contributed by atoms with Crippen molar-refractivity contribution in [1.29, 1.82) is 0 Å². The number of nitrogens with one attached hydrogen (secondary N) is 1. The fraction of sp³-hybridized carbons (Fsp3) is 0.556. The van der Waals surface area contributed by atoms with Crippen molar-refractivity contribution in [1.82, 2.24) is 9.62 Å². The molecule has 2 saturated heterocycles. The molecule has 25 heavy (non-hydrogen) atoms. The van der Waals surface area contributed by atoms with Gasteiger partial charge < -0.3 is 4.74 Å². The van der Waals surface area contributed by atoms with Gasteiger partial charge >= 0.3 is 0 Å². The Labute approximate surface area is 154 Å². The quantitative estimate of drug-likeness (QED) is 0.817. The van der Waals surface area contributed by atoms with Gasteiger partial charge in [0.2, 0.25) is 10.0 Å². The second-order valence-electron chi connectivity index (χ2n) is 6.52. The first-order valence-electron chi connectivity index (χ1n) is 8.73. The summed E-state index contributed by atoms with van der Waals surface area (Å²) < 4.78 is 33.2. The molecule has 1 aromatic rings. The van der Waals surface area contributed by atoms with Gasteiger partial charge in [-0.05, 0) is 36.0 Å². The predicted octanol–water partition coefficient (Wildman–Crippen LogP) is 2.17. The molecule has 2 fully saturated rings. The van der Waals surface area contributed by atoms with Crippen molar-refractivity contribution in [3.05, 3.63) is 41.3 Å². The number of ether oxygens (including phenoxy) is 1. The summed E-state index contributed by atoms with van der Waals surface area (Å²) in [4.78, 5) is 2.43. The molecule has 0 amide bonds. The monoisotopic (exact) mass is 382 g/mol. The van der Waals surface area contributed by atoms with E-state index in [1.165, 1.54) is 5.41 Å². The number of morpholine rings is 1.